The van der Waals surface area contributed by atoms with E-state index in [9.17, 15) is 0 Å². The van der Waals surface area contributed by atoms with Crippen molar-refractivity contribution >= 4 is 11.8 Å². The summed E-state index contributed by atoms with van der Waals surface area (Å²) >= 11 is 1.92. The van der Waals surface area contributed by atoms with Crippen LogP contribution < -0.4 is 0 Å². The standard InChI is InChI=1S/C21H36S/c1-18(2,3)15(19(4,5)6)13-14-16(22-14)17(20(7,8)9)21(10,11)12/h1-12H3. The van der Waals surface area contributed by atoms with Gasteiger partial charge in [0.05, 0.1) is 4.91 Å². The number of hydrogen-bond donors (Lipinski definition) is 0. The van der Waals surface area contributed by atoms with Crippen molar-refractivity contribution in [2.45, 2.75) is 83.1 Å². The maximum absolute atomic E-state index is 3.78. The fraction of sp³-hybridized carbons (Fsp3) is 0.762. The first-order valence-corrected chi connectivity index (χ1v) is 9.22. The molecule has 0 radical (unpaired) electrons. The van der Waals surface area contributed by atoms with Crippen molar-refractivity contribution in [3.8, 4) is 0 Å². The zero-order chi connectivity index (χ0) is 17.7. The van der Waals surface area contributed by atoms with Crippen LogP contribution in [0.15, 0.2) is 26.7 Å². The van der Waals surface area contributed by atoms with E-state index in [0.717, 1.165) is 0 Å². The van der Waals surface area contributed by atoms with Crippen molar-refractivity contribution in [2.75, 3.05) is 0 Å². The molecule has 1 aliphatic rings. The highest BCUT2D eigenvalue weighted by Crippen LogP contribution is 2.59. The summed E-state index contributed by atoms with van der Waals surface area (Å²) in [5, 5.41) is 0. The molecule has 1 rings (SSSR count). The number of thioether (sulfide) groups is 1. The lowest BCUT2D eigenvalue weighted by molar-refractivity contribution is 0.361. The zero-order valence-corrected chi connectivity index (χ0v) is 17.7. The Bertz CT molecular complexity index is 505. The summed E-state index contributed by atoms with van der Waals surface area (Å²) in [4.78, 5) is 2.84. The molecule has 22 heavy (non-hydrogen) atoms. The largest absolute Gasteiger partial charge is 0.104 e. The molecule has 1 heteroatoms. The van der Waals surface area contributed by atoms with Crippen LogP contribution in [0.2, 0.25) is 0 Å². The average Bonchev–Trinajstić information content (AvgIpc) is 2.84. The minimum atomic E-state index is 0.156. The quantitative estimate of drug-likeness (QED) is 0.327. The van der Waals surface area contributed by atoms with Crippen molar-refractivity contribution in [1.29, 1.82) is 0 Å². The first-order valence-electron chi connectivity index (χ1n) is 8.41. The lowest BCUT2D eigenvalue weighted by atomic mass is 9.71. The molecule has 0 saturated carbocycles. The molecule has 0 aromatic heterocycles. The Morgan fingerprint density at radius 2 is 1.00 bits per heavy atom. The minimum absolute atomic E-state index is 0.156. The van der Waals surface area contributed by atoms with Crippen molar-refractivity contribution in [1.82, 2.24) is 0 Å². The van der Waals surface area contributed by atoms with Crippen LogP contribution in [0.5, 0.6) is 0 Å². The second-order valence-corrected chi connectivity index (χ2v) is 11.7. The Hall–Kier alpha value is -0.390. The van der Waals surface area contributed by atoms with Crippen LogP contribution in [0.1, 0.15) is 83.1 Å². The Labute approximate surface area is 143 Å². The maximum Gasteiger partial charge on any atom is 0.0681 e. The van der Waals surface area contributed by atoms with Gasteiger partial charge in [0.25, 0.3) is 0 Å². The van der Waals surface area contributed by atoms with Crippen LogP contribution in [0.4, 0.5) is 0 Å². The molecule has 0 aliphatic carbocycles. The van der Waals surface area contributed by atoms with Crippen LogP contribution in [0, 0.1) is 21.7 Å². The van der Waals surface area contributed by atoms with Gasteiger partial charge in [0.15, 0.2) is 0 Å². The molecule has 0 aromatic carbocycles. The Morgan fingerprint density at radius 3 is 1.27 bits per heavy atom. The molecule has 0 unspecified atom stereocenters. The smallest absolute Gasteiger partial charge is 0.0681 e. The molecular formula is C21H36S. The van der Waals surface area contributed by atoms with Gasteiger partial charge in [0.1, 0.15) is 0 Å². The second kappa shape index (κ2) is 5.60. The predicted octanol–water partition coefficient (Wildman–Crippen LogP) is 7.58. The summed E-state index contributed by atoms with van der Waals surface area (Å²) in [6.45, 7) is 27.8. The van der Waals surface area contributed by atoms with Crippen LogP contribution in [-0.4, -0.2) is 0 Å². The lowest BCUT2D eigenvalue weighted by Gasteiger charge is -2.33. The molecule has 0 aromatic rings. The summed E-state index contributed by atoms with van der Waals surface area (Å²) in [6, 6.07) is 0. The fourth-order valence-electron chi connectivity index (χ4n) is 3.74. The molecule has 0 N–H and O–H groups in total. The highest BCUT2D eigenvalue weighted by atomic mass is 32.2. The number of hydrogen-bond acceptors (Lipinski definition) is 1. The molecule has 0 amide bonds. The van der Waals surface area contributed by atoms with E-state index in [1.807, 2.05) is 11.8 Å². The van der Waals surface area contributed by atoms with Crippen molar-refractivity contribution in [3.63, 3.8) is 0 Å². The highest BCUT2D eigenvalue weighted by Gasteiger charge is 2.39. The van der Waals surface area contributed by atoms with Crippen LogP contribution in [0.3, 0.4) is 0 Å². The van der Waals surface area contributed by atoms with Gasteiger partial charge >= 0.3 is 0 Å². The predicted molar refractivity (Wildman–Crippen MR) is 103 cm³/mol. The van der Waals surface area contributed by atoms with Gasteiger partial charge in [0, 0.05) is 4.91 Å². The van der Waals surface area contributed by atoms with Gasteiger partial charge in [-0.25, -0.2) is 0 Å². The number of allylic oxidation sites excluding steroid dienone is 1. The normalized spacial score (nSPS) is 16.5. The van der Waals surface area contributed by atoms with Gasteiger partial charge in [-0.05, 0) is 32.8 Å². The third-order valence-corrected chi connectivity index (χ3v) is 4.75. The average molecular weight is 321 g/mol. The first kappa shape index (κ1) is 19.7. The second-order valence-electron chi connectivity index (χ2n) is 10.6. The summed E-state index contributed by atoms with van der Waals surface area (Å²) in [5.74, 6) is 0. The molecule has 1 fully saturated rings. The summed E-state index contributed by atoms with van der Waals surface area (Å²) in [5.41, 5.74) is 7.48. The molecule has 126 valence electrons. The van der Waals surface area contributed by atoms with E-state index in [1.165, 1.54) is 15.4 Å². The van der Waals surface area contributed by atoms with Gasteiger partial charge < -0.3 is 0 Å². The molecule has 1 aliphatic heterocycles. The Kier molecular flexibility index (Phi) is 5.01. The fourth-order valence-corrected chi connectivity index (χ4v) is 4.92. The van der Waals surface area contributed by atoms with Crippen molar-refractivity contribution < 1.29 is 0 Å². The summed E-state index contributed by atoms with van der Waals surface area (Å²) in [7, 11) is 0. The van der Waals surface area contributed by atoms with Gasteiger partial charge in [-0.15, -0.1) is 5.73 Å². The molecule has 0 atom stereocenters. The van der Waals surface area contributed by atoms with E-state index >= 15 is 0 Å². The van der Waals surface area contributed by atoms with Crippen LogP contribution in [-0.2, 0) is 0 Å². The van der Waals surface area contributed by atoms with Crippen LogP contribution >= 0.6 is 11.8 Å². The molecular weight excluding hydrogens is 284 g/mol. The van der Waals surface area contributed by atoms with E-state index in [2.05, 4.69) is 88.8 Å². The zero-order valence-electron chi connectivity index (χ0n) is 16.9. The van der Waals surface area contributed by atoms with Crippen molar-refractivity contribution in [2.24, 2.45) is 21.7 Å². The Balaban J connectivity index is 3.56. The number of rotatable bonds is 0. The topological polar surface area (TPSA) is 0 Å². The van der Waals surface area contributed by atoms with E-state index in [4.69, 9.17) is 0 Å². The third kappa shape index (κ3) is 4.80. The molecule has 0 nitrogen and oxygen atoms in total. The van der Waals surface area contributed by atoms with E-state index in [-0.39, 0.29) is 21.7 Å². The van der Waals surface area contributed by atoms with E-state index in [1.54, 1.807) is 5.57 Å². The highest BCUT2D eigenvalue weighted by molar-refractivity contribution is 8.16. The molecule has 0 bridgehead atoms. The van der Waals surface area contributed by atoms with Crippen molar-refractivity contribution in [3.05, 3.63) is 26.7 Å². The van der Waals surface area contributed by atoms with Gasteiger partial charge in [-0.1, -0.05) is 94.8 Å². The summed E-state index contributed by atoms with van der Waals surface area (Å²) < 4.78 is 0. The van der Waals surface area contributed by atoms with E-state index < -0.39 is 0 Å². The van der Waals surface area contributed by atoms with E-state index in [0.29, 0.717) is 0 Å². The molecule has 1 saturated heterocycles. The van der Waals surface area contributed by atoms with Gasteiger partial charge in [-0.3, -0.25) is 0 Å². The minimum Gasteiger partial charge on any atom is -0.104 e. The first-order chi connectivity index (χ1) is 9.45. The SMILES string of the molecule is CC(C)(C)C(=C=C1SC1=C(C(C)(C)C)C(C)(C)C)C(C)(C)C. The lowest BCUT2D eigenvalue weighted by Crippen LogP contribution is -2.22. The molecule has 1 heterocycles. The Morgan fingerprint density at radius 1 is 0.636 bits per heavy atom. The van der Waals surface area contributed by atoms with Gasteiger partial charge in [0.2, 0.25) is 0 Å². The van der Waals surface area contributed by atoms with Crippen LogP contribution in [0.25, 0.3) is 0 Å². The molecule has 0 spiro atoms. The van der Waals surface area contributed by atoms with Gasteiger partial charge in [-0.2, -0.15) is 0 Å². The third-order valence-electron chi connectivity index (χ3n) is 3.83. The summed E-state index contributed by atoms with van der Waals surface area (Å²) in [6.07, 6.45) is 0. The monoisotopic (exact) mass is 320 g/mol. The maximum atomic E-state index is 3.78.